The molecule has 0 amide bonds. The molecule has 4 rings (SSSR count). The minimum atomic E-state index is 0.434. The lowest BCUT2D eigenvalue weighted by Gasteiger charge is -2.14. The summed E-state index contributed by atoms with van der Waals surface area (Å²) in [4.78, 5) is 9.94. The highest BCUT2D eigenvalue weighted by atomic mass is 32.1. The number of nitrogens with zero attached hydrogens (tertiary/aromatic N) is 4. The zero-order chi connectivity index (χ0) is 17.1. The molecule has 0 radical (unpaired) electrons. The molecule has 1 atom stereocenters. The molecule has 0 spiro atoms. The largest absolute Gasteiger partial charge is 0.369 e. The molecule has 0 unspecified atom stereocenters. The Kier molecular flexibility index (Phi) is 4.43. The predicted molar refractivity (Wildman–Crippen MR) is 103 cm³/mol. The molecule has 0 fully saturated rings. The fraction of sp³-hybridized carbons (Fsp3) is 0.211. The zero-order valence-corrected chi connectivity index (χ0v) is 14.8. The van der Waals surface area contributed by atoms with Crippen molar-refractivity contribution in [1.29, 1.82) is 0 Å². The van der Waals surface area contributed by atoms with E-state index in [9.17, 15) is 0 Å². The van der Waals surface area contributed by atoms with Crippen molar-refractivity contribution in [2.75, 3.05) is 11.9 Å². The van der Waals surface area contributed by atoms with Gasteiger partial charge in [-0.1, -0.05) is 37.3 Å². The average Bonchev–Trinajstić information content (AvgIpc) is 3.30. The van der Waals surface area contributed by atoms with Crippen molar-refractivity contribution in [3.05, 3.63) is 60.5 Å². The first-order chi connectivity index (χ1) is 12.3. The number of aromatic nitrogens is 4. The van der Waals surface area contributed by atoms with Crippen LogP contribution < -0.4 is 5.32 Å². The zero-order valence-electron chi connectivity index (χ0n) is 14.0. The summed E-state index contributed by atoms with van der Waals surface area (Å²) < 4.78 is 1.96. The van der Waals surface area contributed by atoms with E-state index in [4.69, 9.17) is 0 Å². The molecule has 1 N–H and O–H groups in total. The average molecular weight is 349 g/mol. The Morgan fingerprint density at radius 3 is 2.84 bits per heavy atom. The van der Waals surface area contributed by atoms with Crippen LogP contribution >= 0.6 is 11.3 Å². The fourth-order valence-corrected chi connectivity index (χ4v) is 3.82. The molecule has 3 heterocycles. The first kappa shape index (κ1) is 15.8. The summed E-state index contributed by atoms with van der Waals surface area (Å²) in [7, 11) is 0. The Balaban J connectivity index is 1.58. The van der Waals surface area contributed by atoms with E-state index in [-0.39, 0.29) is 0 Å². The van der Waals surface area contributed by atoms with Crippen LogP contribution in [-0.4, -0.2) is 26.3 Å². The Bertz CT molecular complexity index is 947. The van der Waals surface area contributed by atoms with Crippen LogP contribution in [0.5, 0.6) is 0 Å². The van der Waals surface area contributed by atoms with Gasteiger partial charge in [0.05, 0.1) is 5.39 Å². The van der Waals surface area contributed by atoms with E-state index in [1.165, 1.54) is 11.1 Å². The van der Waals surface area contributed by atoms with Crippen LogP contribution in [0.2, 0.25) is 0 Å². The lowest BCUT2D eigenvalue weighted by molar-refractivity contribution is 0.467. The quantitative estimate of drug-likeness (QED) is 0.564. The number of benzene rings is 1. The number of nitrogens with one attached hydrogen (secondary N) is 1. The number of hydrogen-bond donors (Lipinski definition) is 1. The predicted octanol–water partition coefficient (Wildman–Crippen LogP) is 4.30. The molecule has 1 aromatic carbocycles. The third-order valence-corrected chi connectivity index (χ3v) is 5.02. The topological polar surface area (TPSA) is 55.6 Å². The van der Waals surface area contributed by atoms with Gasteiger partial charge in [0.1, 0.15) is 17.0 Å². The van der Waals surface area contributed by atoms with Gasteiger partial charge in [-0.25, -0.2) is 9.97 Å². The van der Waals surface area contributed by atoms with E-state index < -0.39 is 0 Å². The van der Waals surface area contributed by atoms with Crippen LogP contribution in [0.25, 0.3) is 21.3 Å². The van der Waals surface area contributed by atoms with Gasteiger partial charge in [-0.2, -0.15) is 5.10 Å². The van der Waals surface area contributed by atoms with E-state index in [2.05, 4.69) is 57.0 Å². The van der Waals surface area contributed by atoms with E-state index in [1.54, 1.807) is 17.7 Å². The molecule has 0 aliphatic heterocycles. The van der Waals surface area contributed by atoms with E-state index >= 15 is 0 Å². The standard InChI is InChI=1S/C19H19N5S/c1-14(11-24-9-5-8-23-24)10-20-18-17-16(15-6-3-2-4-7-15)12-25-19(17)22-13-21-18/h2-9,12-14H,10-11H2,1H3,(H,20,21,22)/t14-/m1/s1. The van der Waals surface area contributed by atoms with Crippen molar-refractivity contribution in [3.63, 3.8) is 0 Å². The first-order valence-corrected chi connectivity index (χ1v) is 9.18. The van der Waals surface area contributed by atoms with Gasteiger partial charge in [-0.3, -0.25) is 4.68 Å². The summed E-state index contributed by atoms with van der Waals surface area (Å²) in [6.45, 7) is 3.91. The Hall–Kier alpha value is -2.73. The number of anilines is 1. The van der Waals surface area contributed by atoms with E-state index in [0.29, 0.717) is 5.92 Å². The summed E-state index contributed by atoms with van der Waals surface area (Å²) in [5.41, 5.74) is 2.37. The highest BCUT2D eigenvalue weighted by molar-refractivity contribution is 7.17. The lowest BCUT2D eigenvalue weighted by atomic mass is 10.1. The number of thiophene rings is 1. The van der Waals surface area contributed by atoms with Crippen molar-refractivity contribution in [1.82, 2.24) is 19.7 Å². The normalized spacial score (nSPS) is 12.4. The van der Waals surface area contributed by atoms with Crippen molar-refractivity contribution in [2.45, 2.75) is 13.5 Å². The maximum absolute atomic E-state index is 4.50. The Morgan fingerprint density at radius 1 is 1.16 bits per heavy atom. The number of fused-ring (bicyclic) bond motifs is 1. The molecular formula is C19H19N5S. The van der Waals surface area contributed by atoms with Crippen LogP contribution in [0.15, 0.2) is 60.5 Å². The summed E-state index contributed by atoms with van der Waals surface area (Å²) in [5, 5.41) is 11.0. The SMILES string of the molecule is C[C@H](CNc1ncnc2scc(-c3ccccc3)c12)Cn1cccn1. The van der Waals surface area contributed by atoms with E-state index in [0.717, 1.165) is 29.1 Å². The number of hydrogen-bond acceptors (Lipinski definition) is 5. The van der Waals surface area contributed by atoms with Gasteiger partial charge in [-0.05, 0) is 17.5 Å². The number of rotatable bonds is 6. The van der Waals surface area contributed by atoms with Crippen LogP contribution in [0.4, 0.5) is 5.82 Å². The molecule has 0 bridgehead atoms. The minimum absolute atomic E-state index is 0.434. The molecule has 3 aromatic heterocycles. The second-order valence-electron chi connectivity index (χ2n) is 6.13. The summed E-state index contributed by atoms with van der Waals surface area (Å²) in [5.74, 6) is 1.33. The minimum Gasteiger partial charge on any atom is -0.369 e. The van der Waals surface area contributed by atoms with Crippen LogP contribution in [0.3, 0.4) is 0 Å². The molecule has 4 aromatic rings. The summed E-state index contributed by atoms with van der Waals surface area (Å²) >= 11 is 1.66. The third kappa shape index (κ3) is 3.39. The maximum Gasteiger partial charge on any atom is 0.138 e. The highest BCUT2D eigenvalue weighted by Crippen LogP contribution is 2.36. The fourth-order valence-electron chi connectivity index (χ4n) is 2.90. The van der Waals surface area contributed by atoms with Crippen molar-refractivity contribution < 1.29 is 0 Å². The van der Waals surface area contributed by atoms with Gasteiger partial charge in [0.2, 0.25) is 0 Å². The van der Waals surface area contributed by atoms with Crippen LogP contribution in [0.1, 0.15) is 6.92 Å². The van der Waals surface area contributed by atoms with Crippen molar-refractivity contribution in [2.24, 2.45) is 5.92 Å². The molecule has 5 nitrogen and oxygen atoms in total. The van der Waals surface area contributed by atoms with Crippen molar-refractivity contribution in [3.8, 4) is 11.1 Å². The molecule has 0 saturated heterocycles. The summed E-state index contributed by atoms with van der Waals surface area (Å²) in [6, 6.07) is 12.3. The summed E-state index contributed by atoms with van der Waals surface area (Å²) in [6.07, 6.45) is 5.44. The van der Waals surface area contributed by atoms with Gasteiger partial charge < -0.3 is 5.32 Å². The molecule has 0 aliphatic rings. The molecule has 126 valence electrons. The Morgan fingerprint density at radius 2 is 2.04 bits per heavy atom. The molecule has 6 heteroatoms. The molecule has 0 saturated carbocycles. The van der Waals surface area contributed by atoms with Gasteiger partial charge >= 0.3 is 0 Å². The maximum atomic E-state index is 4.50. The van der Waals surface area contributed by atoms with Gasteiger partial charge in [0.25, 0.3) is 0 Å². The first-order valence-electron chi connectivity index (χ1n) is 8.30. The molecule has 25 heavy (non-hydrogen) atoms. The van der Waals surface area contributed by atoms with Crippen molar-refractivity contribution >= 4 is 27.4 Å². The smallest absolute Gasteiger partial charge is 0.138 e. The monoisotopic (exact) mass is 349 g/mol. The lowest BCUT2D eigenvalue weighted by Crippen LogP contribution is -2.18. The van der Waals surface area contributed by atoms with E-state index in [1.807, 2.05) is 29.2 Å². The third-order valence-electron chi connectivity index (χ3n) is 4.13. The van der Waals surface area contributed by atoms with Gasteiger partial charge in [0.15, 0.2) is 0 Å². The second-order valence-corrected chi connectivity index (χ2v) is 6.99. The highest BCUT2D eigenvalue weighted by Gasteiger charge is 2.13. The molecular weight excluding hydrogens is 330 g/mol. The Labute approximate surface area is 150 Å². The van der Waals surface area contributed by atoms with Gasteiger partial charge in [-0.15, -0.1) is 11.3 Å². The van der Waals surface area contributed by atoms with Gasteiger partial charge in [0, 0.05) is 36.4 Å². The second kappa shape index (κ2) is 7.03. The molecule has 0 aliphatic carbocycles. The van der Waals surface area contributed by atoms with Crippen LogP contribution in [-0.2, 0) is 6.54 Å². The van der Waals surface area contributed by atoms with Crippen LogP contribution in [0, 0.1) is 5.92 Å².